The number of carbonyl (C=O) groups excluding carboxylic acids is 1. The fourth-order valence-corrected chi connectivity index (χ4v) is 2.97. The van der Waals surface area contributed by atoms with Crippen LogP contribution in [0.1, 0.15) is 33.1 Å². The largest absolute Gasteiger partial charge is 0.338 e. The van der Waals surface area contributed by atoms with Gasteiger partial charge in [0.25, 0.3) is 0 Å². The molecule has 0 bridgehead atoms. The summed E-state index contributed by atoms with van der Waals surface area (Å²) in [5.74, 6) is 2.70. The standard InChI is InChI=1S/C8H13NOS.C2H6/c10-8-3-1-2-7-6-11-5-4-9(7)8;1-2/h7H,1-6H2;1-2H3. The number of amides is 1. The molecule has 1 unspecified atom stereocenters. The van der Waals surface area contributed by atoms with E-state index in [0.29, 0.717) is 11.9 Å². The molecule has 76 valence electrons. The first-order chi connectivity index (χ1) is 6.38. The molecule has 2 aliphatic heterocycles. The third kappa shape index (κ3) is 2.63. The number of hydrogen-bond donors (Lipinski definition) is 0. The first-order valence-corrected chi connectivity index (χ1v) is 6.40. The lowest BCUT2D eigenvalue weighted by atomic mass is 10.0. The predicted molar refractivity (Wildman–Crippen MR) is 58.0 cm³/mol. The Morgan fingerprint density at radius 1 is 1.46 bits per heavy atom. The van der Waals surface area contributed by atoms with Crippen molar-refractivity contribution in [1.82, 2.24) is 4.90 Å². The molecule has 0 N–H and O–H groups in total. The highest BCUT2D eigenvalue weighted by atomic mass is 32.2. The zero-order valence-electron chi connectivity index (χ0n) is 8.58. The molecule has 0 saturated carbocycles. The number of piperidine rings is 1. The molecule has 0 spiro atoms. The Hall–Kier alpha value is -0.180. The van der Waals surface area contributed by atoms with Crippen LogP contribution in [0, 0.1) is 0 Å². The van der Waals surface area contributed by atoms with Crippen molar-refractivity contribution >= 4 is 17.7 Å². The van der Waals surface area contributed by atoms with E-state index in [9.17, 15) is 4.79 Å². The number of rotatable bonds is 0. The van der Waals surface area contributed by atoms with Crippen LogP contribution < -0.4 is 0 Å². The normalized spacial score (nSPS) is 27.4. The Balaban J connectivity index is 0.000000396. The Kier molecular flexibility index (Phi) is 4.64. The van der Waals surface area contributed by atoms with Crippen molar-refractivity contribution in [2.75, 3.05) is 18.1 Å². The average Bonchev–Trinajstić information content (AvgIpc) is 2.22. The quantitative estimate of drug-likeness (QED) is 0.598. The highest BCUT2D eigenvalue weighted by Gasteiger charge is 2.29. The maximum Gasteiger partial charge on any atom is 0.222 e. The summed E-state index contributed by atoms with van der Waals surface area (Å²) in [5, 5.41) is 0. The summed E-state index contributed by atoms with van der Waals surface area (Å²) >= 11 is 1.99. The first kappa shape index (κ1) is 10.9. The SMILES string of the molecule is CC.O=C1CCCC2CSCCN12. The smallest absolute Gasteiger partial charge is 0.222 e. The molecular weight excluding hydrogens is 182 g/mol. The third-order valence-corrected chi connectivity index (χ3v) is 3.57. The van der Waals surface area contributed by atoms with Crippen LogP contribution in [0.3, 0.4) is 0 Å². The monoisotopic (exact) mass is 201 g/mol. The molecule has 0 aliphatic carbocycles. The summed E-state index contributed by atoms with van der Waals surface area (Å²) in [4.78, 5) is 13.4. The van der Waals surface area contributed by atoms with Crippen LogP contribution in [0.4, 0.5) is 0 Å². The van der Waals surface area contributed by atoms with Gasteiger partial charge in [-0.25, -0.2) is 0 Å². The molecule has 2 rings (SSSR count). The van der Waals surface area contributed by atoms with Gasteiger partial charge in [-0.2, -0.15) is 11.8 Å². The van der Waals surface area contributed by atoms with E-state index >= 15 is 0 Å². The molecule has 0 aromatic heterocycles. The van der Waals surface area contributed by atoms with Gasteiger partial charge in [-0.1, -0.05) is 13.8 Å². The first-order valence-electron chi connectivity index (χ1n) is 5.25. The second-order valence-corrected chi connectivity index (χ2v) is 4.36. The van der Waals surface area contributed by atoms with Gasteiger partial charge in [0, 0.05) is 30.5 Å². The molecule has 3 heteroatoms. The van der Waals surface area contributed by atoms with Gasteiger partial charge in [0.2, 0.25) is 5.91 Å². The summed E-state index contributed by atoms with van der Waals surface area (Å²) < 4.78 is 0. The fraction of sp³-hybridized carbons (Fsp3) is 0.900. The minimum absolute atomic E-state index is 0.390. The van der Waals surface area contributed by atoms with Crippen LogP contribution in [-0.4, -0.2) is 34.9 Å². The number of hydrogen-bond acceptors (Lipinski definition) is 2. The summed E-state index contributed by atoms with van der Waals surface area (Å²) in [6.45, 7) is 4.99. The molecule has 1 amide bonds. The van der Waals surface area contributed by atoms with Gasteiger partial charge >= 0.3 is 0 Å². The van der Waals surface area contributed by atoms with Gasteiger partial charge in [-0.05, 0) is 12.8 Å². The Morgan fingerprint density at radius 2 is 2.23 bits per heavy atom. The van der Waals surface area contributed by atoms with Gasteiger partial charge in [-0.3, -0.25) is 4.79 Å². The lowest BCUT2D eigenvalue weighted by Crippen LogP contribution is -2.48. The van der Waals surface area contributed by atoms with E-state index in [-0.39, 0.29) is 0 Å². The summed E-state index contributed by atoms with van der Waals surface area (Å²) in [6, 6.07) is 0.579. The van der Waals surface area contributed by atoms with Crippen molar-refractivity contribution in [3.05, 3.63) is 0 Å². The number of thioether (sulfide) groups is 1. The minimum Gasteiger partial charge on any atom is -0.338 e. The van der Waals surface area contributed by atoms with Crippen LogP contribution in [-0.2, 0) is 4.79 Å². The number of fused-ring (bicyclic) bond motifs is 1. The topological polar surface area (TPSA) is 20.3 Å². The summed E-state index contributed by atoms with van der Waals surface area (Å²) in [6.07, 6.45) is 3.14. The lowest BCUT2D eigenvalue weighted by molar-refractivity contribution is -0.135. The van der Waals surface area contributed by atoms with E-state index in [0.717, 1.165) is 25.1 Å². The molecule has 2 heterocycles. The number of carbonyl (C=O) groups is 1. The molecule has 2 fully saturated rings. The van der Waals surface area contributed by atoms with Crippen LogP contribution >= 0.6 is 11.8 Å². The molecule has 0 aromatic carbocycles. The Labute approximate surface area is 85.1 Å². The molecule has 13 heavy (non-hydrogen) atoms. The van der Waals surface area contributed by atoms with E-state index in [2.05, 4.69) is 4.90 Å². The van der Waals surface area contributed by atoms with Crippen molar-refractivity contribution in [3.8, 4) is 0 Å². The molecule has 2 aliphatic rings. The Morgan fingerprint density at radius 3 is 2.92 bits per heavy atom. The van der Waals surface area contributed by atoms with E-state index in [1.807, 2.05) is 25.6 Å². The van der Waals surface area contributed by atoms with E-state index in [1.165, 1.54) is 12.2 Å². The second kappa shape index (κ2) is 5.53. The van der Waals surface area contributed by atoms with Gasteiger partial charge in [0.1, 0.15) is 0 Å². The van der Waals surface area contributed by atoms with Crippen LogP contribution in [0.15, 0.2) is 0 Å². The van der Waals surface area contributed by atoms with Crippen molar-refractivity contribution in [2.24, 2.45) is 0 Å². The molecule has 0 aromatic rings. The summed E-state index contributed by atoms with van der Waals surface area (Å²) in [7, 11) is 0. The minimum atomic E-state index is 0.390. The molecule has 2 saturated heterocycles. The van der Waals surface area contributed by atoms with Crippen LogP contribution in [0.2, 0.25) is 0 Å². The van der Waals surface area contributed by atoms with Gasteiger partial charge < -0.3 is 4.90 Å². The van der Waals surface area contributed by atoms with Crippen LogP contribution in [0.5, 0.6) is 0 Å². The lowest BCUT2D eigenvalue weighted by Gasteiger charge is -2.38. The van der Waals surface area contributed by atoms with Crippen molar-refractivity contribution in [2.45, 2.75) is 39.2 Å². The molecular formula is C10H19NOS. The van der Waals surface area contributed by atoms with Gasteiger partial charge in [0.15, 0.2) is 0 Å². The van der Waals surface area contributed by atoms with E-state index < -0.39 is 0 Å². The second-order valence-electron chi connectivity index (χ2n) is 3.21. The zero-order valence-corrected chi connectivity index (χ0v) is 9.40. The molecule has 0 radical (unpaired) electrons. The van der Waals surface area contributed by atoms with Crippen LogP contribution in [0.25, 0.3) is 0 Å². The van der Waals surface area contributed by atoms with E-state index in [1.54, 1.807) is 0 Å². The fourth-order valence-electron chi connectivity index (χ4n) is 1.85. The van der Waals surface area contributed by atoms with Crippen molar-refractivity contribution < 1.29 is 4.79 Å². The highest BCUT2D eigenvalue weighted by molar-refractivity contribution is 7.99. The average molecular weight is 201 g/mol. The zero-order chi connectivity index (χ0) is 9.68. The molecule has 2 nitrogen and oxygen atoms in total. The number of nitrogens with zero attached hydrogens (tertiary/aromatic N) is 1. The molecule has 1 atom stereocenters. The Bertz CT molecular complexity index is 170. The van der Waals surface area contributed by atoms with Crippen molar-refractivity contribution in [3.63, 3.8) is 0 Å². The highest BCUT2D eigenvalue weighted by Crippen LogP contribution is 2.25. The maximum absolute atomic E-state index is 11.3. The predicted octanol–water partition coefficient (Wildman–Crippen LogP) is 2.14. The maximum atomic E-state index is 11.3. The van der Waals surface area contributed by atoms with Gasteiger partial charge in [0.05, 0.1) is 0 Å². The van der Waals surface area contributed by atoms with Crippen molar-refractivity contribution in [1.29, 1.82) is 0 Å². The van der Waals surface area contributed by atoms with E-state index in [4.69, 9.17) is 0 Å². The summed E-state index contributed by atoms with van der Waals surface area (Å²) in [5.41, 5.74) is 0. The third-order valence-electron chi connectivity index (χ3n) is 2.48. The van der Waals surface area contributed by atoms with Gasteiger partial charge in [-0.15, -0.1) is 0 Å².